The van der Waals surface area contributed by atoms with Crippen molar-refractivity contribution in [3.8, 4) is 0 Å². The molecule has 4 nitrogen and oxygen atoms in total. The summed E-state index contributed by atoms with van der Waals surface area (Å²) in [7, 11) is 0. The first-order chi connectivity index (χ1) is 6.24. The number of aryl methyl sites for hydroxylation is 2. The van der Waals surface area contributed by atoms with E-state index in [0.717, 1.165) is 18.7 Å². The van der Waals surface area contributed by atoms with E-state index in [1.807, 2.05) is 10.8 Å². The van der Waals surface area contributed by atoms with Gasteiger partial charge in [0.2, 0.25) is 5.91 Å². The van der Waals surface area contributed by atoms with Crippen molar-refractivity contribution in [2.75, 3.05) is 0 Å². The summed E-state index contributed by atoms with van der Waals surface area (Å²) in [6.45, 7) is 2.75. The summed E-state index contributed by atoms with van der Waals surface area (Å²) in [5.74, 6) is 0.764. The van der Waals surface area contributed by atoms with Crippen molar-refractivity contribution < 1.29 is 4.79 Å². The second kappa shape index (κ2) is 4.64. The van der Waals surface area contributed by atoms with Gasteiger partial charge in [0.05, 0.1) is 0 Å². The van der Waals surface area contributed by atoms with Crippen LogP contribution in [0.1, 0.15) is 25.6 Å². The van der Waals surface area contributed by atoms with Crippen LogP contribution >= 0.6 is 0 Å². The number of amides is 1. The Morgan fingerprint density at radius 1 is 1.69 bits per heavy atom. The number of hydrogen-bond donors (Lipinski definition) is 1. The molecule has 72 valence electrons. The van der Waals surface area contributed by atoms with Gasteiger partial charge in [-0.25, -0.2) is 4.98 Å². The van der Waals surface area contributed by atoms with Crippen LogP contribution in [0, 0.1) is 0 Å². The minimum atomic E-state index is -0.267. The molecule has 0 aliphatic heterocycles. The number of primary amides is 1. The van der Waals surface area contributed by atoms with E-state index in [0.29, 0.717) is 13.0 Å². The highest BCUT2D eigenvalue weighted by Crippen LogP contribution is 2.01. The van der Waals surface area contributed by atoms with Crippen LogP contribution in [0.15, 0.2) is 12.4 Å². The Morgan fingerprint density at radius 3 is 3.08 bits per heavy atom. The van der Waals surface area contributed by atoms with E-state index in [9.17, 15) is 4.79 Å². The zero-order valence-corrected chi connectivity index (χ0v) is 7.86. The minimum Gasteiger partial charge on any atom is -0.370 e. The molecule has 0 radical (unpaired) electrons. The molecule has 0 fully saturated rings. The van der Waals surface area contributed by atoms with E-state index in [1.165, 1.54) is 0 Å². The number of aromatic nitrogens is 2. The van der Waals surface area contributed by atoms with Crippen LogP contribution in [0.25, 0.3) is 0 Å². The van der Waals surface area contributed by atoms with Gasteiger partial charge in [-0.2, -0.15) is 0 Å². The summed E-state index contributed by atoms with van der Waals surface area (Å²) in [6.07, 6.45) is 6.03. The highest BCUT2D eigenvalue weighted by molar-refractivity contribution is 5.73. The lowest BCUT2D eigenvalue weighted by molar-refractivity contribution is -0.118. The summed E-state index contributed by atoms with van der Waals surface area (Å²) in [5, 5.41) is 0. The van der Waals surface area contributed by atoms with Crippen LogP contribution in [-0.4, -0.2) is 15.5 Å². The molecule has 2 N–H and O–H groups in total. The number of carbonyl (C=O) groups is 1. The van der Waals surface area contributed by atoms with E-state index in [4.69, 9.17) is 5.73 Å². The molecule has 4 heteroatoms. The Bertz CT molecular complexity index is 280. The molecule has 1 aromatic heterocycles. The van der Waals surface area contributed by atoms with E-state index >= 15 is 0 Å². The lowest BCUT2D eigenvalue weighted by Gasteiger charge is -2.04. The van der Waals surface area contributed by atoms with Crippen molar-refractivity contribution in [3.05, 3.63) is 18.2 Å². The molecular weight excluding hydrogens is 166 g/mol. The molecule has 0 aliphatic rings. The molecule has 1 rings (SSSR count). The highest BCUT2D eigenvalue weighted by atomic mass is 16.1. The third kappa shape index (κ3) is 2.89. The molecule has 0 saturated heterocycles. The topological polar surface area (TPSA) is 60.9 Å². The lowest BCUT2D eigenvalue weighted by atomic mass is 10.3. The van der Waals surface area contributed by atoms with Gasteiger partial charge in [0, 0.05) is 31.8 Å². The lowest BCUT2D eigenvalue weighted by Crippen LogP contribution is -2.14. The fourth-order valence-electron chi connectivity index (χ4n) is 1.23. The number of nitrogens with two attached hydrogens (primary N) is 1. The van der Waals surface area contributed by atoms with E-state index in [-0.39, 0.29) is 5.91 Å². The molecule has 0 unspecified atom stereocenters. The molecular formula is C9H15N3O. The van der Waals surface area contributed by atoms with Crippen LogP contribution in [0.5, 0.6) is 0 Å². The van der Waals surface area contributed by atoms with Crippen LogP contribution < -0.4 is 5.73 Å². The summed E-state index contributed by atoms with van der Waals surface area (Å²) in [4.78, 5) is 14.7. The van der Waals surface area contributed by atoms with Gasteiger partial charge in [-0.3, -0.25) is 4.79 Å². The second-order valence-corrected chi connectivity index (χ2v) is 3.00. The maximum absolute atomic E-state index is 10.6. The SMILES string of the molecule is CCCc1nccn1CCC(N)=O. The Labute approximate surface area is 77.8 Å². The average molecular weight is 181 g/mol. The number of hydrogen-bond acceptors (Lipinski definition) is 2. The highest BCUT2D eigenvalue weighted by Gasteiger charge is 2.02. The summed E-state index contributed by atoms with van der Waals surface area (Å²) < 4.78 is 1.98. The van der Waals surface area contributed by atoms with Crippen molar-refractivity contribution in [2.45, 2.75) is 32.7 Å². The van der Waals surface area contributed by atoms with Crippen LogP contribution in [0.4, 0.5) is 0 Å². The molecule has 1 amide bonds. The van der Waals surface area contributed by atoms with Crippen molar-refractivity contribution >= 4 is 5.91 Å². The van der Waals surface area contributed by atoms with Crippen LogP contribution in [0.3, 0.4) is 0 Å². The van der Waals surface area contributed by atoms with Gasteiger partial charge in [0.25, 0.3) is 0 Å². The largest absolute Gasteiger partial charge is 0.370 e. The fourth-order valence-corrected chi connectivity index (χ4v) is 1.23. The van der Waals surface area contributed by atoms with Crippen LogP contribution in [-0.2, 0) is 17.8 Å². The zero-order chi connectivity index (χ0) is 9.68. The van der Waals surface area contributed by atoms with E-state index < -0.39 is 0 Å². The Hall–Kier alpha value is -1.32. The molecule has 13 heavy (non-hydrogen) atoms. The Balaban J connectivity index is 2.54. The Morgan fingerprint density at radius 2 is 2.46 bits per heavy atom. The van der Waals surface area contributed by atoms with Gasteiger partial charge in [-0.15, -0.1) is 0 Å². The Kier molecular flexibility index (Phi) is 3.49. The second-order valence-electron chi connectivity index (χ2n) is 3.00. The van der Waals surface area contributed by atoms with Gasteiger partial charge in [0.1, 0.15) is 5.82 Å². The third-order valence-corrected chi connectivity index (χ3v) is 1.87. The molecule has 0 atom stereocenters. The number of imidazole rings is 1. The van der Waals surface area contributed by atoms with E-state index in [1.54, 1.807) is 6.20 Å². The molecule has 0 aliphatic carbocycles. The molecule has 1 heterocycles. The molecule has 1 aromatic rings. The first-order valence-electron chi connectivity index (χ1n) is 4.52. The average Bonchev–Trinajstić information content (AvgIpc) is 2.49. The van der Waals surface area contributed by atoms with Crippen LogP contribution in [0.2, 0.25) is 0 Å². The molecule has 0 aromatic carbocycles. The van der Waals surface area contributed by atoms with Gasteiger partial charge in [-0.05, 0) is 6.42 Å². The smallest absolute Gasteiger partial charge is 0.219 e. The molecule has 0 bridgehead atoms. The van der Waals surface area contributed by atoms with Crippen molar-refractivity contribution in [3.63, 3.8) is 0 Å². The molecule has 0 spiro atoms. The van der Waals surface area contributed by atoms with Crippen molar-refractivity contribution in [1.82, 2.24) is 9.55 Å². The predicted octanol–water partition coefficient (Wildman–Crippen LogP) is 0.711. The first kappa shape index (κ1) is 9.77. The van der Waals surface area contributed by atoms with Gasteiger partial charge in [-0.1, -0.05) is 6.92 Å². The summed E-state index contributed by atoms with van der Waals surface area (Å²) in [5.41, 5.74) is 5.06. The fraction of sp³-hybridized carbons (Fsp3) is 0.556. The normalized spacial score (nSPS) is 10.2. The van der Waals surface area contributed by atoms with Crippen molar-refractivity contribution in [2.24, 2.45) is 5.73 Å². The monoisotopic (exact) mass is 181 g/mol. The van der Waals surface area contributed by atoms with E-state index in [2.05, 4.69) is 11.9 Å². The zero-order valence-electron chi connectivity index (χ0n) is 7.86. The standard InChI is InChI=1S/C9H15N3O/c1-2-3-9-11-5-7-12(9)6-4-8(10)13/h5,7H,2-4,6H2,1H3,(H2,10,13). The number of carbonyl (C=O) groups excluding carboxylic acids is 1. The van der Waals surface area contributed by atoms with Gasteiger partial charge < -0.3 is 10.3 Å². The molecule has 0 saturated carbocycles. The summed E-state index contributed by atoms with van der Waals surface area (Å²) in [6, 6.07) is 0. The predicted molar refractivity (Wildman–Crippen MR) is 50.0 cm³/mol. The maximum atomic E-state index is 10.6. The first-order valence-corrected chi connectivity index (χ1v) is 4.52. The van der Waals surface area contributed by atoms with Gasteiger partial charge in [0.15, 0.2) is 0 Å². The third-order valence-electron chi connectivity index (χ3n) is 1.87. The number of rotatable bonds is 5. The van der Waals surface area contributed by atoms with Crippen molar-refractivity contribution in [1.29, 1.82) is 0 Å². The number of nitrogens with zero attached hydrogens (tertiary/aromatic N) is 2. The quantitative estimate of drug-likeness (QED) is 0.727. The van der Waals surface area contributed by atoms with Gasteiger partial charge >= 0.3 is 0 Å². The maximum Gasteiger partial charge on any atom is 0.219 e. The summed E-state index contributed by atoms with van der Waals surface area (Å²) >= 11 is 0. The minimum absolute atomic E-state index is 0.267.